The molecular formula is C16H18O5. The van der Waals surface area contributed by atoms with E-state index < -0.39 is 11.9 Å². The maximum atomic E-state index is 11.1. The number of ether oxygens (including phenoxy) is 3. The zero-order valence-corrected chi connectivity index (χ0v) is 12.5. The highest BCUT2D eigenvalue weighted by atomic mass is 16.5. The third-order valence-electron chi connectivity index (χ3n) is 3.54. The van der Waals surface area contributed by atoms with Crippen LogP contribution in [0.25, 0.3) is 10.8 Å². The van der Waals surface area contributed by atoms with Crippen molar-refractivity contribution in [2.75, 3.05) is 21.3 Å². The Bertz CT molecular complexity index is 678. The Labute approximate surface area is 123 Å². The van der Waals surface area contributed by atoms with Gasteiger partial charge in [-0.3, -0.25) is 4.79 Å². The second-order valence-corrected chi connectivity index (χ2v) is 4.69. The highest BCUT2D eigenvalue weighted by Crippen LogP contribution is 2.43. The fourth-order valence-corrected chi connectivity index (χ4v) is 2.31. The van der Waals surface area contributed by atoms with Crippen molar-refractivity contribution in [2.24, 2.45) is 0 Å². The largest absolute Gasteiger partial charge is 0.493 e. The van der Waals surface area contributed by atoms with Gasteiger partial charge in [0.2, 0.25) is 5.75 Å². The summed E-state index contributed by atoms with van der Waals surface area (Å²) in [4.78, 5) is 11.1. The van der Waals surface area contributed by atoms with Crippen molar-refractivity contribution < 1.29 is 24.1 Å². The number of carboxylic acid groups (broad SMARTS) is 1. The van der Waals surface area contributed by atoms with Crippen molar-refractivity contribution in [2.45, 2.75) is 12.8 Å². The lowest BCUT2D eigenvalue weighted by Gasteiger charge is -2.16. The molecule has 0 radical (unpaired) electrons. The van der Waals surface area contributed by atoms with Crippen LogP contribution < -0.4 is 14.2 Å². The summed E-state index contributed by atoms with van der Waals surface area (Å²) >= 11 is 0. The fourth-order valence-electron chi connectivity index (χ4n) is 2.31. The Kier molecular flexibility index (Phi) is 4.21. The smallest absolute Gasteiger partial charge is 0.310 e. The highest BCUT2D eigenvalue weighted by molar-refractivity contribution is 5.94. The number of fused-ring (bicyclic) bond motifs is 1. The minimum atomic E-state index is -0.859. The van der Waals surface area contributed by atoms with Crippen molar-refractivity contribution in [3.05, 3.63) is 29.8 Å². The molecule has 0 aromatic heterocycles. The van der Waals surface area contributed by atoms with Crippen LogP contribution in [0.5, 0.6) is 17.2 Å². The number of carbonyl (C=O) groups is 1. The van der Waals surface area contributed by atoms with Crippen LogP contribution in [0.4, 0.5) is 0 Å². The first-order valence-corrected chi connectivity index (χ1v) is 6.48. The highest BCUT2D eigenvalue weighted by Gasteiger charge is 2.18. The molecule has 5 heteroatoms. The van der Waals surface area contributed by atoms with Crippen molar-refractivity contribution >= 4 is 16.7 Å². The van der Waals surface area contributed by atoms with E-state index in [0.29, 0.717) is 17.2 Å². The van der Waals surface area contributed by atoms with Gasteiger partial charge in [-0.25, -0.2) is 0 Å². The molecule has 0 saturated heterocycles. The molecule has 0 saturated carbocycles. The summed E-state index contributed by atoms with van der Waals surface area (Å²) in [6.07, 6.45) is 0. The molecule has 2 aromatic carbocycles. The van der Waals surface area contributed by atoms with Crippen LogP contribution >= 0.6 is 0 Å². The molecule has 0 heterocycles. The molecule has 112 valence electrons. The second-order valence-electron chi connectivity index (χ2n) is 4.69. The zero-order chi connectivity index (χ0) is 15.6. The lowest BCUT2D eigenvalue weighted by molar-refractivity contribution is -0.138. The summed E-state index contributed by atoms with van der Waals surface area (Å²) in [6, 6.07) is 7.27. The summed E-state index contributed by atoms with van der Waals surface area (Å²) in [5, 5.41) is 10.8. The van der Waals surface area contributed by atoms with Crippen molar-refractivity contribution in [1.29, 1.82) is 0 Å². The first kappa shape index (κ1) is 15.0. The number of hydrogen-bond donors (Lipinski definition) is 1. The van der Waals surface area contributed by atoms with Gasteiger partial charge in [0.15, 0.2) is 11.5 Å². The summed E-state index contributed by atoms with van der Waals surface area (Å²) in [5.41, 5.74) is 0.726. The molecule has 0 aliphatic rings. The minimum absolute atomic E-state index is 0.520. The summed E-state index contributed by atoms with van der Waals surface area (Å²) in [6.45, 7) is 1.65. The van der Waals surface area contributed by atoms with Gasteiger partial charge < -0.3 is 19.3 Å². The normalized spacial score (nSPS) is 12.0. The van der Waals surface area contributed by atoms with Gasteiger partial charge in [-0.05, 0) is 23.9 Å². The van der Waals surface area contributed by atoms with Crippen LogP contribution in [0.1, 0.15) is 18.4 Å². The number of carboxylic acids is 1. The van der Waals surface area contributed by atoms with Crippen LogP contribution in [0, 0.1) is 0 Å². The molecule has 1 N–H and O–H groups in total. The van der Waals surface area contributed by atoms with Crippen LogP contribution in [0.2, 0.25) is 0 Å². The minimum Gasteiger partial charge on any atom is -0.493 e. The van der Waals surface area contributed by atoms with Gasteiger partial charge in [0.25, 0.3) is 0 Å². The van der Waals surface area contributed by atoms with Gasteiger partial charge in [0.05, 0.1) is 27.2 Å². The molecule has 0 bridgehead atoms. The fraction of sp³-hybridized carbons (Fsp3) is 0.312. The maximum absolute atomic E-state index is 11.1. The number of aliphatic carboxylic acids is 1. The molecule has 21 heavy (non-hydrogen) atoms. The van der Waals surface area contributed by atoms with E-state index in [1.807, 2.05) is 18.2 Å². The number of benzene rings is 2. The van der Waals surface area contributed by atoms with E-state index in [-0.39, 0.29) is 0 Å². The topological polar surface area (TPSA) is 65.0 Å². The van der Waals surface area contributed by atoms with Gasteiger partial charge in [0, 0.05) is 5.39 Å². The van der Waals surface area contributed by atoms with E-state index in [9.17, 15) is 4.79 Å². The number of hydrogen-bond acceptors (Lipinski definition) is 4. The predicted molar refractivity (Wildman–Crippen MR) is 79.7 cm³/mol. The third-order valence-corrected chi connectivity index (χ3v) is 3.54. The maximum Gasteiger partial charge on any atom is 0.310 e. The van der Waals surface area contributed by atoms with E-state index in [1.165, 1.54) is 0 Å². The van der Waals surface area contributed by atoms with Crippen LogP contribution in [0.15, 0.2) is 24.3 Å². The summed E-state index contributed by atoms with van der Waals surface area (Å²) in [7, 11) is 4.66. The van der Waals surface area contributed by atoms with E-state index in [4.69, 9.17) is 19.3 Å². The first-order chi connectivity index (χ1) is 10.0. The molecule has 0 aliphatic carbocycles. The van der Waals surface area contributed by atoms with E-state index >= 15 is 0 Å². The van der Waals surface area contributed by atoms with E-state index in [0.717, 1.165) is 16.3 Å². The monoisotopic (exact) mass is 290 g/mol. The van der Waals surface area contributed by atoms with Gasteiger partial charge >= 0.3 is 5.97 Å². The zero-order valence-electron chi connectivity index (χ0n) is 12.5. The van der Waals surface area contributed by atoms with E-state index in [1.54, 1.807) is 34.3 Å². The summed E-state index contributed by atoms with van der Waals surface area (Å²) in [5.74, 6) is 0.199. The molecule has 0 fully saturated rings. The number of methoxy groups -OCH3 is 3. The van der Waals surface area contributed by atoms with Crippen LogP contribution in [0.3, 0.4) is 0 Å². The Morgan fingerprint density at radius 3 is 2.24 bits per heavy atom. The molecule has 1 unspecified atom stereocenters. The van der Waals surface area contributed by atoms with Crippen molar-refractivity contribution in [1.82, 2.24) is 0 Å². The first-order valence-electron chi connectivity index (χ1n) is 6.48. The van der Waals surface area contributed by atoms with Crippen molar-refractivity contribution in [3.63, 3.8) is 0 Å². The molecule has 0 spiro atoms. The molecule has 2 aromatic rings. The van der Waals surface area contributed by atoms with Gasteiger partial charge in [-0.15, -0.1) is 0 Å². The van der Waals surface area contributed by atoms with Crippen LogP contribution in [-0.4, -0.2) is 32.4 Å². The molecular weight excluding hydrogens is 272 g/mol. The lowest BCUT2D eigenvalue weighted by atomic mass is 9.97. The Balaban J connectivity index is 2.71. The molecule has 0 amide bonds. The van der Waals surface area contributed by atoms with Gasteiger partial charge in [-0.2, -0.15) is 0 Å². The summed E-state index contributed by atoms with van der Waals surface area (Å²) < 4.78 is 16.1. The Hall–Kier alpha value is -2.43. The van der Waals surface area contributed by atoms with Crippen LogP contribution in [-0.2, 0) is 4.79 Å². The molecule has 1 atom stereocenters. The lowest BCUT2D eigenvalue weighted by Crippen LogP contribution is -2.07. The Morgan fingerprint density at radius 1 is 1.05 bits per heavy atom. The van der Waals surface area contributed by atoms with Gasteiger partial charge in [-0.1, -0.05) is 18.2 Å². The number of rotatable bonds is 5. The molecule has 0 aliphatic heterocycles. The standard InChI is InChI=1S/C16H18O5/c1-9(16(17)18)10-5-6-12-11(7-10)8-13(19-2)15(21-4)14(12)20-3/h5-9H,1-4H3,(H,17,18). The molecule has 5 nitrogen and oxygen atoms in total. The predicted octanol–water partition coefficient (Wildman–Crippen LogP) is 3.05. The quantitative estimate of drug-likeness (QED) is 0.916. The second kappa shape index (κ2) is 5.91. The van der Waals surface area contributed by atoms with Crippen molar-refractivity contribution in [3.8, 4) is 17.2 Å². The average molecular weight is 290 g/mol. The SMILES string of the molecule is COc1cc2cc(C(C)C(=O)O)ccc2c(OC)c1OC. The van der Waals surface area contributed by atoms with Gasteiger partial charge in [0.1, 0.15) is 0 Å². The Morgan fingerprint density at radius 2 is 1.71 bits per heavy atom. The van der Waals surface area contributed by atoms with E-state index in [2.05, 4.69) is 0 Å². The molecule has 2 rings (SSSR count). The third kappa shape index (κ3) is 2.59. The average Bonchev–Trinajstić information content (AvgIpc) is 2.51.